The first-order valence-electron chi connectivity index (χ1n) is 17.0. The Morgan fingerprint density at radius 2 is 1.10 bits per heavy atom. The first-order chi connectivity index (χ1) is 25.7. The first kappa shape index (κ1) is 29.5. The number of rotatable bonds is 5. The largest absolute Gasteiger partial charge is 0.309 e. The third-order valence-electron chi connectivity index (χ3n) is 9.62. The Labute approximate surface area is 298 Å². The predicted molar refractivity (Wildman–Crippen MR) is 209 cm³/mol. The summed E-state index contributed by atoms with van der Waals surface area (Å²) < 4.78 is 4.62. The van der Waals surface area contributed by atoms with Gasteiger partial charge in [-0.2, -0.15) is 0 Å². The van der Waals surface area contributed by atoms with Crippen LogP contribution in [0.25, 0.3) is 94.1 Å². The molecule has 4 aromatic heterocycles. The van der Waals surface area contributed by atoms with Crippen LogP contribution >= 0.6 is 0 Å². The van der Waals surface area contributed by atoms with E-state index in [0.29, 0.717) is 23.2 Å². The SMILES string of the molecule is [C-]#[N+]c1ccc(-c2nc(-c3ccccc3)nc(-c3cccc(-n4c5ncccc5c5ccc6c(c7ccccc7n6-c6ccccc6)c54)c3)n2)cc1. The van der Waals surface area contributed by atoms with Crippen molar-refractivity contribution in [2.45, 2.75) is 0 Å². The maximum atomic E-state index is 7.39. The zero-order valence-electron chi connectivity index (χ0n) is 27.7. The van der Waals surface area contributed by atoms with Crippen molar-refractivity contribution in [1.82, 2.24) is 29.1 Å². The monoisotopic (exact) mass is 665 g/mol. The summed E-state index contributed by atoms with van der Waals surface area (Å²) >= 11 is 0. The molecule has 6 aromatic carbocycles. The highest BCUT2D eigenvalue weighted by molar-refractivity contribution is 6.25. The number of fused-ring (bicyclic) bond motifs is 7. The van der Waals surface area contributed by atoms with E-state index in [-0.39, 0.29) is 0 Å². The summed E-state index contributed by atoms with van der Waals surface area (Å²) in [6.07, 6.45) is 1.86. The van der Waals surface area contributed by atoms with Gasteiger partial charge < -0.3 is 4.57 Å². The van der Waals surface area contributed by atoms with Crippen molar-refractivity contribution in [1.29, 1.82) is 0 Å². The number of aromatic nitrogens is 6. The molecule has 0 radical (unpaired) electrons. The molecular formula is C45H27N7. The zero-order valence-corrected chi connectivity index (χ0v) is 27.7. The van der Waals surface area contributed by atoms with Crippen molar-refractivity contribution in [3.63, 3.8) is 0 Å². The molecule has 0 aliphatic rings. The molecule has 10 aromatic rings. The summed E-state index contributed by atoms with van der Waals surface area (Å²) in [7, 11) is 0. The molecule has 7 heteroatoms. The third kappa shape index (κ3) is 4.67. The van der Waals surface area contributed by atoms with E-state index in [1.54, 1.807) is 12.1 Å². The molecule has 242 valence electrons. The fraction of sp³-hybridized carbons (Fsp3) is 0. The van der Waals surface area contributed by atoms with E-state index in [0.717, 1.165) is 66.4 Å². The molecule has 4 heterocycles. The Hall–Kier alpha value is -7.43. The number of benzene rings is 6. The average molecular weight is 666 g/mol. The van der Waals surface area contributed by atoms with Crippen molar-refractivity contribution in [2.75, 3.05) is 0 Å². The van der Waals surface area contributed by atoms with Gasteiger partial charge in [-0.25, -0.2) is 24.8 Å². The summed E-state index contributed by atoms with van der Waals surface area (Å²) in [6.45, 7) is 7.39. The van der Waals surface area contributed by atoms with Crippen LogP contribution in [0.4, 0.5) is 5.69 Å². The lowest BCUT2D eigenvalue weighted by Gasteiger charge is -2.12. The number of hydrogen-bond acceptors (Lipinski definition) is 4. The van der Waals surface area contributed by atoms with Gasteiger partial charge in [0, 0.05) is 55.8 Å². The molecule has 7 nitrogen and oxygen atoms in total. The highest BCUT2D eigenvalue weighted by Crippen LogP contribution is 2.41. The van der Waals surface area contributed by atoms with Crippen LogP contribution in [0, 0.1) is 6.57 Å². The van der Waals surface area contributed by atoms with E-state index >= 15 is 0 Å². The molecule has 0 aliphatic heterocycles. The predicted octanol–water partition coefficient (Wildman–Crippen LogP) is 11.0. The van der Waals surface area contributed by atoms with Crippen molar-refractivity contribution >= 4 is 49.4 Å². The van der Waals surface area contributed by atoms with Gasteiger partial charge in [0.05, 0.1) is 23.1 Å². The van der Waals surface area contributed by atoms with Crippen LogP contribution in [0.1, 0.15) is 0 Å². The normalized spacial score (nSPS) is 11.4. The van der Waals surface area contributed by atoms with Crippen LogP contribution in [0.2, 0.25) is 0 Å². The van der Waals surface area contributed by atoms with Gasteiger partial charge in [-0.15, -0.1) is 0 Å². The minimum atomic E-state index is 0.541. The fourth-order valence-electron chi connectivity index (χ4n) is 7.31. The third-order valence-corrected chi connectivity index (χ3v) is 9.62. The average Bonchev–Trinajstić information content (AvgIpc) is 3.74. The molecule has 10 rings (SSSR count). The quantitative estimate of drug-likeness (QED) is 0.172. The van der Waals surface area contributed by atoms with Crippen molar-refractivity contribution in [3.05, 3.63) is 175 Å². The maximum absolute atomic E-state index is 7.39. The van der Waals surface area contributed by atoms with Gasteiger partial charge in [-0.1, -0.05) is 109 Å². The second-order valence-electron chi connectivity index (χ2n) is 12.6. The van der Waals surface area contributed by atoms with Gasteiger partial charge in [-0.3, -0.25) is 4.57 Å². The molecule has 0 unspecified atom stereocenters. The van der Waals surface area contributed by atoms with Crippen LogP contribution in [-0.4, -0.2) is 29.1 Å². The van der Waals surface area contributed by atoms with Gasteiger partial charge in [0.25, 0.3) is 0 Å². The lowest BCUT2D eigenvalue weighted by Crippen LogP contribution is -2.01. The number of nitrogens with zero attached hydrogens (tertiary/aromatic N) is 7. The topological polar surface area (TPSA) is 65.8 Å². The standard InChI is InChI=1S/C45H27N7/c1-46-32-23-21-30(22-24-32)43-48-42(29-12-4-2-5-13-29)49-44(50-43)31-14-10-17-34(28-31)52-41-35(36-19-11-27-47-45(36)52)25-26-39-40(41)37-18-8-9-20-38(37)51(39)33-15-6-3-7-16-33/h2-28H. The van der Waals surface area contributed by atoms with Crippen LogP contribution < -0.4 is 0 Å². The van der Waals surface area contributed by atoms with Crippen molar-refractivity contribution in [2.24, 2.45) is 0 Å². The Kier molecular flexibility index (Phi) is 6.73. The Balaban J connectivity index is 1.24. The minimum Gasteiger partial charge on any atom is -0.309 e. The highest BCUT2D eigenvalue weighted by Gasteiger charge is 2.22. The van der Waals surface area contributed by atoms with E-state index in [9.17, 15) is 0 Å². The molecule has 0 spiro atoms. The maximum Gasteiger partial charge on any atom is 0.187 e. The van der Waals surface area contributed by atoms with Crippen LogP contribution in [0.5, 0.6) is 0 Å². The van der Waals surface area contributed by atoms with Gasteiger partial charge in [0.15, 0.2) is 23.2 Å². The molecule has 0 N–H and O–H groups in total. The Morgan fingerprint density at radius 1 is 0.462 bits per heavy atom. The van der Waals surface area contributed by atoms with E-state index < -0.39 is 0 Å². The van der Waals surface area contributed by atoms with Crippen molar-refractivity contribution < 1.29 is 0 Å². The lowest BCUT2D eigenvalue weighted by molar-refractivity contribution is 1.07. The number of para-hydroxylation sites is 2. The second kappa shape index (κ2) is 11.9. The summed E-state index contributed by atoms with van der Waals surface area (Å²) in [6, 6.07) is 53.4. The van der Waals surface area contributed by atoms with Gasteiger partial charge in [0.2, 0.25) is 0 Å². The molecule has 0 amide bonds. The molecule has 52 heavy (non-hydrogen) atoms. The van der Waals surface area contributed by atoms with Gasteiger partial charge >= 0.3 is 0 Å². The second-order valence-corrected chi connectivity index (χ2v) is 12.6. The smallest absolute Gasteiger partial charge is 0.187 e. The minimum absolute atomic E-state index is 0.541. The first-order valence-corrected chi connectivity index (χ1v) is 17.0. The summed E-state index contributed by atoms with van der Waals surface area (Å²) in [5.41, 5.74) is 9.41. The summed E-state index contributed by atoms with van der Waals surface area (Å²) in [5, 5.41) is 4.55. The molecule has 0 bridgehead atoms. The van der Waals surface area contributed by atoms with E-state index in [4.69, 9.17) is 26.5 Å². The Bertz CT molecular complexity index is 3010. The number of pyridine rings is 1. The van der Waals surface area contributed by atoms with Crippen LogP contribution in [0.15, 0.2) is 164 Å². The van der Waals surface area contributed by atoms with E-state index in [1.807, 2.05) is 60.8 Å². The highest BCUT2D eigenvalue weighted by atomic mass is 15.1. The fourth-order valence-corrected chi connectivity index (χ4v) is 7.31. The van der Waals surface area contributed by atoms with Crippen LogP contribution in [0.3, 0.4) is 0 Å². The van der Waals surface area contributed by atoms with Crippen LogP contribution in [-0.2, 0) is 0 Å². The molecule has 0 aliphatic carbocycles. The Morgan fingerprint density at radius 3 is 1.87 bits per heavy atom. The summed E-state index contributed by atoms with van der Waals surface area (Å²) in [5.74, 6) is 1.67. The van der Waals surface area contributed by atoms with Gasteiger partial charge in [0.1, 0.15) is 5.65 Å². The molecular weight excluding hydrogens is 639 g/mol. The summed E-state index contributed by atoms with van der Waals surface area (Å²) in [4.78, 5) is 23.4. The van der Waals surface area contributed by atoms with E-state index in [1.165, 1.54) is 5.39 Å². The van der Waals surface area contributed by atoms with E-state index in [2.05, 4.69) is 105 Å². The zero-order chi connectivity index (χ0) is 34.6. The molecule has 0 atom stereocenters. The molecule has 0 saturated carbocycles. The number of hydrogen-bond donors (Lipinski definition) is 0. The van der Waals surface area contributed by atoms with Gasteiger partial charge in [-0.05, 0) is 48.5 Å². The lowest BCUT2D eigenvalue weighted by atomic mass is 10.1. The van der Waals surface area contributed by atoms with Crippen molar-refractivity contribution in [3.8, 4) is 45.5 Å². The molecule has 0 fully saturated rings. The molecule has 0 saturated heterocycles.